The van der Waals surface area contributed by atoms with Crippen LogP contribution in [0, 0.1) is 11.6 Å². The predicted octanol–water partition coefficient (Wildman–Crippen LogP) is 3.13. The number of amides is 2. The summed E-state index contributed by atoms with van der Waals surface area (Å²) in [6.45, 7) is 0. The number of nitrogens with zero attached hydrogens (tertiary/aromatic N) is 1. The normalized spacial score (nSPS) is 16.4. The first-order valence-corrected chi connectivity index (χ1v) is 8.93. The Labute approximate surface area is 153 Å². The molecule has 1 aliphatic rings. The van der Waals surface area contributed by atoms with Gasteiger partial charge in [-0.2, -0.15) is 0 Å². The fraction of sp³-hybridized carbons (Fsp3) is 0.222. The average molecular weight is 378 g/mol. The van der Waals surface area contributed by atoms with Gasteiger partial charge in [-0.1, -0.05) is 0 Å². The topological polar surface area (TPSA) is 58.6 Å². The highest BCUT2D eigenvalue weighted by Crippen LogP contribution is 2.26. The molecule has 2 aromatic rings. The van der Waals surface area contributed by atoms with Gasteiger partial charge in [-0.25, -0.2) is 8.78 Å². The van der Waals surface area contributed by atoms with Crippen molar-refractivity contribution in [1.82, 2.24) is 4.90 Å². The van der Waals surface area contributed by atoms with Crippen molar-refractivity contribution in [3.8, 4) is 5.75 Å². The number of hydrogen-bond acceptors (Lipinski definition) is 4. The molecule has 136 valence electrons. The van der Waals surface area contributed by atoms with Crippen molar-refractivity contribution in [3.63, 3.8) is 0 Å². The maximum absolute atomic E-state index is 13.9. The number of hydrogen-bond donors (Lipinski definition) is 1. The van der Waals surface area contributed by atoms with Gasteiger partial charge in [-0.15, -0.1) is 11.8 Å². The number of halogens is 2. The standard InChI is InChI=1S/C18H16F2N2O3S/c1-25-13-5-3-12(4-6-13)21-17(23)16-9-26-10-22(16)18(24)14-8-11(19)2-7-15(14)20/h2-8,16H,9-10H2,1H3,(H,21,23)/t16-/m1/s1. The smallest absolute Gasteiger partial charge is 0.258 e. The van der Waals surface area contributed by atoms with Crippen LogP contribution in [0.5, 0.6) is 5.75 Å². The van der Waals surface area contributed by atoms with Gasteiger partial charge in [0.15, 0.2) is 0 Å². The largest absolute Gasteiger partial charge is 0.497 e. The van der Waals surface area contributed by atoms with Gasteiger partial charge in [-0.05, 0) is 42.5 Å². The van der Waals surface area contributed by atoms with E-state index in [9.17, 15) is 18.4 Å². The first kappa shape index (κ1) is 18.2. The summed E-state index contributed by atoms with van der Waals surface area (Å²) < 4.78 is 32.3. The summed E-state index contributed by atoms with van der Waals surface area (Å²) >= 11 is 1.38. The summed E-state index contributed by atoms with van der Waals surface area (Å²) in [6, 6.07) is 8.68. The third-order valence-electron chi connectivity index (χ3n) is 3.96. The second kappa shape index (κ2) is 7.74. The minimum atomic E-state index is -0.817. The zero-order chi connectivity index (χ0) is 18.7. The lowest BCUT2D eigenvalue weighted by atomic mass is 10.1. The molecule has 0 aliphatic carbocycles. The number of benzene rings is 2. The molecule has 1 saturated heterocycles. The number of anilines is 1. The van der Waals surface area contributed by atoms with Gasteiger partial charge in [0.25, 0.3) is 5.91 Å². The molecule has 0 unspecified atom stereocenters. The highest BCUT2D eigenvalue weighted by atomic mass is 32.2. The average Bonchev–Trinajstić information content (AvgIpc) is 3.13. The second-order valence-electron chi connectivity index (χ2n) is 5.63. The summed E-state index contributed by atoms with van der Waals surface area (Å²) in [5.74, 6) is -1.35. The number of thioether (sulfide) groups is 1. The molecule has 0 aromatic heterocycles. The van der Waals surface area contributed by atoms with Crippen LogP contribution in [0.15, 0.2) is 42.5 Å². The predicted molar refractivity (Wildman–Crippen MR) is 95.3 cm³/mol. The Balaban J connectivity index is 1.75. The van der Waals surface area contributed by atoms with E-state index in [0.29, 0.717) is 17.2 Å². The van der Waals surface area contributed by atoms with E-state index >= 15 is 0 Å². The zero-order valence-electron chi connectivity index (χ0n) is 13.9. The molecule has 3 rings (SSSR count). The van der Waals surface area contributed by atoms with E-state index in [0.717, 1.165) is 18.2 Å². The fourth-order valence-electron chi connectivity index (χ4n) is 2.58. The van der Waals surface area contributed by atoms with Gasteiger partial charge in [0.1, 0.15) is 23.4 Å². The molecular weight excluding hydrogens is 362 g/mol. The Morgan fingerprint density at radius 3 is 2.62 bits per heavy atom. The lowest BCUT2D eigenvalue weighted by Gasteiger charge is -2.23. The molecule has 0 spiro atoms. The Bertz CT molecular complexity index is 830. The van der Waals surface area contributed by atoms with Crippen LogP contribution >= 0.6 is 11.8 Å². The molecule has 1 aliphatic heterocycles. The number of methoxy groups -OCH3 is 1. The van der Waals surface area contributed by atoms with Crippen LogP contribution < -0.4 is 10.1 Å². The Kier molecular flexibility index (Phi) is 5.41. The van der Waals surface area contributed by atoms with Crippen LogP contribution in [-0.4, -0.2) is 41.5 Å². The lowest BCUT2D eigenvalue weighted by molar-refractivity contribution is -0.119. The highest BCUT2D eigenvalue weighted by Gasteiger charge is 2.36. The van der Waals surface area contributed by atoms with E-state index in [2.05, 4.69) is 5.32 Å². The van der Waals surface area contributed by atoms with Crippen LogP contribution in [0.2, 0.25) is 0 Å². The monoisotopic (exact) mass is 378 g/mol. The van der Waals surface area contributed by atoms with E-state index in [1.165, 1.54) is 16.7 Å². The Hall–Kier alpha value is -2.61. The minimum Gasteiger partial charge on any atom is -0.497 e. The van der Waals surface area contributed by atoms with Crippen LogP contribution in [-0.2, 0) is 4.79 Å². The summed E-state index contributed by atoms with van der Waals surface area (Å²) in [6.07, 6.45) is 0. The molecule has 5 nitrogen and oxygen atoms in total. The molecule has 1 heterocycles. The minimum absolute atomic E-state index is 0.232. The maximum atomic E-state index is 13.9. The van der Waals surface area contributed by atoms with Crippen LogP contribution in [0.4, 0.5) is 14.5 Å². The first-order chi connectivity index (χ1) is 12.5. The molecule has 2 aromatic carbocycles. The summed E-state index contributed by atoms with van der Waals surface area (Å²) in [4.78, 5) is 26.4. The fourth-order valence-corrected chi connectivity index (χ4v) is 3.73. The Morgan fingerprint density at radius 2 is 1.92 bits per heavy atom. The quantitative estimate of drug-likeness (QED) is 0.888. The van der Waals surface area contributed by atoms with E-state index < -0.39 is 23.6 Å². The molecule has 1 fully saturated rings. The molecule has 0 radical (unpaired) electrons. The van der Waals surface area contributed by atoms with Crippen molar-refractivity contribution in [2.75, 3.05) is 24.1 Å². The molecule has 0 saturated carbocycles. The Morgan fingerprint density at radius 1 is 1.19 bits per heavy atom. The third kappa shape index (κ3) is 3.80. The molecule has 2 amide bonds. The van der Waals surface area contributed by atoms with E-state index in [1.807, 2.05) is 0 Å². The van der Waals surface area contributed by atoms with Crippen LogP contribution in [0.1, 0.15) is 10.4 Å². The van der Waals surface area contributed by atoms with Crippen LogP contribution in [0.25, 0.3) is 0 Å². The number of ether oxygens (including phenoxy) is 1. The third-order valence-corrected chi connectivity index (χ3v) is 4.97. The van der Waals surface area contributed by atoms with Gasteiger partial charge in [-0.3, -0.25) is 9.59 Å². The molecule has 8 heteroatoms. The van der Waals surface area contributed by atoms with Gasteiger partial charge >= 0.3 is 0 Å². The summed E-state index contributed by atoms with van der Waals surface area (Å²) in [5, 5.41) is 2.73. The molecule has 26 heavy (non-hydrogen) atoms. The zero-order valence-corrected chi connectivity index (χ0v) is 14.7. The molecule has 0 bridgehead atoms. The van der Waals surface area contributed by atoms with Gasteiger partial charge in [0.2, 0.25) is 5.91 Å². The van der Waals surface area contributed by atoms with Gasteiger partial charge in [0, 0.05) is 11.4 Å². The number of carbonyl (C=O) groups excluding carboxylic acids is 2. The number of rotatable bonds is 4. The van der Waals surface area contributed by atoms with Crippen molar-refractivity contribution in [1.29, 1.82) is 0 Å². The van der Waals surface area contributed by atoms with Crippen molar-refractivity contribution in [3.05, 3.63) is 59.7 Å². The van der Waals surface area contributed by atoms with Crippen molar-refractivity contribution in [2.45, 2.75) is 6.04 Å². The lowest BCUT2D eigenvalue weighted by Crippen LogP contribution is -2.44. The maximum Gasteiger partial charge on any atom is 0.258 e. The molecule has 1 atom stereocenters. The van der Waals surface area contributed by atoms with E-state index in [1.54, 1.807) is 31.4 Å². The molecular formula is C18H16F2N2O3S. The van der Waals surface area contributed by atoms with E-state index in [4.69, 9.17) is 4.74 Å². The number of nitrogens with one attached hydrogen (secondary N) is 1. The first-order valence-electron chi connectivity index (χ1n) is 7.78. The summed E-state index contributed by atoms with van der Waals surface area (Å²) in [5.41, 5.74) is 0.173. The van der Waals surface area contributed by atoms with Gasteiger partial charge in [0.05, 0.1) is 18.6 Å². The second-order valence-corrected chi connectivity index (χ2v) is 6.63. The van der Waals surface area contributed by atoms with Gasteiger partial charge < -0.3 is 15.0 Å². The van der Waals surface area contributed by atoms with E-state index in [-0.39, 0.29) is 17.3 Å². The molecule has 1 N–H and O–H groups in total. The van der Waals surface area contributed by atoms with Crippen LogP contribution in [0.3, 0.4) is 0 Å². The SMILES string of the molecule is COc1ccc(NC(=O)[C@H]2CSCN2C(=O)c2cc(F)ccc2F)cc1. The van der Waals surface area contributed by atoms with Crippen molar-refractivity contribution >= 4 is 29.3 Å². The van der Waals surface area contributed by atoms with Crippen molar-refractivity contribution in [2.24, 2.45) is 0 Å². The van der Waals surface area contributed by atoms with Crippen molar-refractivity contribution < 1.29 is 23.1 Å². The summed E-state index contributed by atoms with van der Waals surface area (Å²) in [7, 11) is 1.54. The number of carbonyl (C=O) groups is 2. The highest BCUT2D eigenvalue weighted by molar-refractivity contribution is 7.99.